The molecule has 3 rings (SSSR count). The lowest BCUT2D eigenvalue weighted by molar-refractivity contribution is 0.0697. The van der Waals surface area contributed by atoms with E-state index in [4.69, 9.17) is 11.6 Å². The highest BCUT2D eigenvalue weighted by Gasteiger charge is 2.21. The lowest BCUT2D eigenvalue weighted by Crippen LogP contribution is -2.37. The molecule has 0 aliphatic carbocycles. The van der Waals surface area contributed by atoms with Gasteiger partial charge in [-0.1, -0.05) is 36.7 Å². The fourth-order valence-electron chi connectivity index (χ4n) is 2.89. The van der Waals surface area contributed by atoms with Crippen LogP contribution >= 0.6 is 11.6 Å². The van der Waals surface area contributed by atoms with Crippen LogP contribution in [0.15, 0.2) is 42.7 Å². The molecule has 1 aliphatic heterocycles. The molecule has 1 N–H and O–H groups in total. The second-order valence-electron chi connectivity index (χ2n) is 6.38. The minimum atomic E-state index is 0.0655. The molecular formula is C19H22ClN3O. The van der Waals surface area contributed by atoms with Crippen LogP contribution in [-0.2, 0) is 6.54 Å². The van der Waals surface area contributed by atoms with Crippen molar-refractivity contribution in [2.24, 2.45) is 5.92 Å². The van der Waals surface area contributed by atoms with Gasteiger partial charge in [-0.05, 0) is 36.5 Å². The number of anilines is 1. The van der Waals surface area contributed by atoms with Crippen LogP contribution in [0.3, 0.4) is 0 Å². The molecule has 1 amide bonds. The van der Waals surface area contributed by atoms with E-state index in [0.717, 1.165) is 42.2 Å². The highest BCUT2D eigenvalue weighted by atomic mass is 35.5. The lowest BCUT2D eigenvalue weighted by atomic mass is 9.99. The van der Waals surface area contributed by atoms with Gasteiger partial charge in [-0.25, -0.2) is 0 Å². The van der Waals surface area contributed by atoms with E-state index in [0.29, 0.717) is 18.0 Å². The highest BCUT2D eigenvalue weighted by Crippen LogP contribution is 2.20. The van der Waals surface area contributed by atoms with E-state index in [9.17, 15) is 4.79 Å². The number of rotatable bonds is 4. The van der Waals surface area contributed by atoms with Crippen molar-refractivity contribution in [3.05, 3.63) is 58.9 Å². The number of halogens is 1. The summed E-state index contributed by atoms with van der Waals surface area (Å²) < 4.78 is 0. The number of nitrogens with zero attached hydrogens (tertiary/aromatic N) is 2. The Bertz CT molecular complexity index is 711. The first kappa shape index (κ1) is 16.8. The zero-order valence-electron chi connectivity index (χ0n) is 13.8. The summed E-state index contributed by atoms with van der Waals surface area (Å²) in [6, 6.07) is 9.58. The van der Waals surface area contributed by atoms with E-state index in [1.165, 1.54) is 0 Å². The summed E-state index contributed by atoms with van der Waals surface area (Å²) in [5, 5.41) is 4.02. The maximum absolute atomic E-state index is 12.6. The smallest absolute Gasteiger partial charge is 0.255 e. The Morgan fingerprint density at radius 2 is 2.04 bits per heavy atom. The summed E-state index contributed by atoms with van der Waals surface area (Å²) >= 11 is 6.17. The summed E-state index contributed by atoms with van der Waals surface area (Å²) in [6.45, 7) is 4.50. The summed E-state index contributed by atoms with van der Waals surface area (Å²) in [6.07, 6.45) is 5.51. The second kappa shape index (κ2) is 7.67. The molecule has 1 aromatic heterocycles. The Morgan fingerprint density at radius 3 is 2.79 bits per heavy atom. The number of likely N-dealkylation sites (tertiary alicyclic amines) is 1. The van der Waals surface area contributed by atoms with Crippen molar-refractivity contribution in [1.29, 1.82) is 0 Å². The standard InChI is InChI=1S/C19H22ClN3O/c1-14-6-8-23(9-7-14)19(24)16-10-17(13-21-11-16)22-12-15-4-2-3-5-18(15)20/h2-5,10-11,13-14,22H,6-9,12H2,1H3. The van der Waals surface area contributed by atoms with Gasteiger partial charge in [0.15, 0.2) is 0 Å². The van der Waals surface area contributed by atoms with Gasteiger partial charge in [0.05, 0.1) is 11.3 Å². The third-order valence-electron chi connectivity index (χ3n) is 4.50. The van der Waals surface area contributed by atoms with E-state index in [2.05, 4.69) is 17.2 Å². The first-order valence-corrected chi connectivity index (χ1v) is 8.73. The largest absolute Gasteiger partial charge is 0.380 e. The third-order valence-corrected chi connectivity index (χ3v) is 4.87. The number of pyridine rings is 1. The highest BCUT2D eigenvalue weighted by molar-refractivity contribution is 6.31. The minimum Gasteiger partial charge on any atom is -0.380 e. The van der Waals surface area contributed by atoms with Gasteiger partial charge in [-0.2, -0.15) is 0 Å². The van der Waals surface area contributed by atoms with E-state index in [-0.39, 0.29) is 5.91 Å². The molecule has 1 aliphatic rings. The number of aromatic nitrogens is 1. The molecule has 1 aromatic carbocycles. The van der Waals surface area contributed by atoms with Crippen molar-refractivity contribution in [2.75, 3.05) is 18.4 Å². The minimum absolute atomic E-state index is 0.0655. The van der Waals surface area contributed by atoms with Crippen LogP contribution in [0.25, 0.3) is 0 Å². The summed E-state index contributed by atoms with van der Waals surface area (Å²) in [5.74, 6) is 0.770. The SMILES string of the molecule is CC1CCN(C(=O)c2cncc(NCc3ccccc3Cl)c2)CC1. The molecule has 0 radical (unpaired) electrons. The van der Waals surface area contributed by atoms with Crippen LogP contribution < -0.4 is 5.32 Å². The van der Waals surface area contributed by atoms with Crippen LogP contribution in [0.1, 0.15) is 35.7 Å². The quantitative estimate of drug-likeness (QED) is 0.904. The number of hydrogen-bond donors (Lipinski definition) is 1. The normalized spacial score (nSPS) is 15.3. The maximum Gasteiger partial charge on any atom is 0.255 e. The van der Waals surface area contributed by atoms with E-state index in [1.807, 2.05) is 35.2 Å². The number of carbonyl (C=O) groups is 1. The van der Waals surface area contributed by atoms with Gasteiger partial charge in [-0.3, -0.25) is 9.78 Å². The van der Waals surface area contributed by atoms with Gasteiger partial charge in [-0.15, -0.1) is 0 Å². The van der Waals surface area contributed by atoms with Gasteiger partial charge >= 0.3 is 0 Å². The molecule has 2 aromatic rings. The number of benzene rings is 1. The number of piperidine rings is 1. The third kappa shape index (κ3) is 4.06. The fraction of sp³-hybridized carbons (Fsp3) is 0.368. The van der Waals surface area contributed by atoms with Crippen molar-refractivity contribution in [3.8, 4) is 0 Å². The number of carbonyl (C=O) groups excluding carboxylic acids is 1. The first-order chi connectivity index (χ1) is 11.6. The summed E-state index contributed by atoms with van der Waals surface area (Å²) in [7, 11) is 0. The molecule has 0 unspecified atom stereocenters. The molecule has 5 heteroatoms. The Labute approximate surface area is 147 Å². The van der Waals surface area contributed by atoms with Crippen molar-refractivity contribution < 1.29 is 4.79 Å². The number of amides is 1. The molecular weight excluding hydrogens is 322 g/mol. The van der Waals surface area contributed by atoms with E-state index < -0.39 is 0 Å². The Hall–Kier alpha value is -2.07. The average molecular weight is 344 g/mol. The fourth-order valence-corrected chi connectivity index (χ4v) is 3.09. The molecule has 0 atom stereocenters. The molecule has 2 heterocycles. The van der Waals surface area contributed by atoms with Crippen LogP contribution in [0.5, 0.6) is 0 Å². The molecule has 1 saturated heterocycles. The zero-order chi connectivity index (χ0) is 16.9. The molecule has 0 spiro atoms. The predicted octanol–water partition coefficient (Wildman–Crippen LogP) is 4.22. The zero-order valence-corrected chi connectivity index (χ0v) is 14.6. The first-order valence-electron chi connectivity index (χ1n) is 8.35. The molecule has 126 valence electrons. The van der Waals surface area contributed by atoms with Crippen LogP contribution in [0, 0.1) is 5.92 Å². The average Bonchev–Trinajstić information content (AvgIpc) is 2.61. The van der Waals surface area contributed by atoms with E-state index in [1.54, 1.807) is 12.4 Å². The molecule has 0 saturated carbocycles. The Morgan fingerprint density at radius 1 is 1.29 bits per heavy atom. The van der Waals surface area contributed by atoms with Crippen LogP contribution in [-0.4, -0.2) is 28.9 Å². The van der Waals surface area contributed by atoms with Crippen molar-refractivity contribution in [1.82, 2.24) is 9.88 Å². The Kier molecular flexibility index (Phi) is 5.36. The van der Waals surface area contributed by atoms with Crippen molar-refractivity contribution in [2.45, 2.75) is 26.3 Å². The second-order valence-corrected chi connectivity index (χ2v) is 6.79. The van der Waals surface area contributed by atoms with Crippen LogP contribution in [0.2, 0.25) is 5.02 Å². The molecule has 1 fully saturated rings. The van der Waals surface area contributed by atoms with Gasteiger partial charge < -0.3 is 10.2 Å². The number of nitrogens with one attached hydrogen (secondary N) is 1. The van der Waals surface area contributed by atoms with Crippen molar-refractivity contribution >= 4 is 23.2 Å². The van der Waals surface area contributed by atoms with Gasteiger partial charge in [0, 0.05) is 37.1 Å². The maximum atomic E-state index is 12.6. The topological polar surface area (TPSA) is 45.2 Å². The Balaban J connectivity index is 1.65. The summed E-state index contributed by atoms with van der Waals surface area (Å²) in [4.78, 5) is 18.8. The molecule has 0 bridgehead atoms. The van der Waals surface area contributed by atoms with E-state index >= 15 is 0 Å². The van der Waals surface area contributed by atoms with Crippen LogP contribution in [0.4, 0.5) is 5.69 Å². The predicted molar refractivity (Wildman–Crippen MR) is 97.3 cm³/mol. The van der Waals surface area contributed by atoms with Gasteiger partial charge in [0.1, 0.15) is 0 Å². The monoisotopic (exact) mass is 343 g/mol. The van der Waals surface area contributed by atoms with Gasteiger partial charge in [0.25, 0.3) is 5.91 Å². The van der Waals surface area contributed by atoms with Crippen molar-refractivity contribution in [3.63, 3.8) is 0 Å². The number of hydrogen-bond acceptors (Lipinski definition) is 3. The molecule has 24 heavy (non-hydrogen) atoms. The summed E-state index contributed by atoms with van der Waals surface area (Å²) in [5.41, 5.74) is 2.47. The molecule has 4 nitrogen and oxygen atoms in total. The van der Waals surface area contributed by atoms with Gasteiger partial charge in [0.2, 0.25) is 0 Å². The lowest BCUT2D eigenvalue weighted by Gasteiger charge is -2.30.